The first-order valence-electron chi connectivity index (χ1n) is 4.65. The number of ether oxygens (including phenoxy) is 1. The van der Waals surface area contributed by atoms with Crippen LogP contribution in [0.4, 0.5) is 0 Å². The van der Waals surface area contributed by atoms with Crippen LogP contribution in [0.2, 0.25) is 0 Å². The molecule has 3 saturated carbocycles. The Morgan fingerprint density at radius 1 is 1.33 bits per heavy atom. The summed E-state index contributed by atoms with van der Waals surface area (Å²) >= 11 is 0. The third-order valence-electron chi connectivity index (χ3n) is 3.71. The lowest BCUT2D eigenvalue weighted by Crippen LogP contribution is -2.41. The highest BCUT2D eigenvalue weighted by Gasteiger charge is 2.60. The van der Waals surface area contributed by atoms with Crippen molar-refractivity contribution >= 4 is 5.97 Å². The van der Waals surface area contributed by atoms with Gasteiger partial charge in [0.15, 0.2) is 0 Å². The summed E-state index contributed by atoms with van der Waals surface area (Å²) in [6, 6.07) is 0. The molecule has 4 aliphatic rings. The third-order valence-corrected chi connectivity index (χ3v) is 3.71. The van der Waals surface area contributed by atoms with Crippen LogP contribution in [0.25, 0.3) is 0 Å². The zero-order valence-electron chi connectivity index (χ0n) is 6.77. The molecule has 0 radical (unpaired) electrons. The van der Waals surface area contributed by atoms with Gasteiger partial charge in [-0.1, -0.05) is 0 Å². The second-order valence-electron chi connectivity index (χ2n) is 4.25. The number of fused-ring (bicyclic) bond motifs is 2. The minimum atomic E-state index is -0.612. The maximum atomic E-state index is 10.9. The average molecular weight is 168 g/mol. The van der Waals surface area contributed by atoms with Crippen LogP contribution in [-0.2, 0) is 9.53 Å². The zero-order chi connectivity index (χ0) is 8.29. The van der Waals surface area contributed by atoms with Crippen LogP contribution in [-0.4, -0.2) is 23.3 Å². The van der Waals surface area contributed by atoms with Crippen LogP contribution in [0.3, 0.4) is 0 Å². The van der Waals surface area contributed by atoms with Crippen molar-refractivity contribution in [3.8, 4) is 0 Å². The Balaban J connectivity index is 1.87. The van der Waals surface area contributed by atoms with E-state index in [1.807, 2.05) is 0 Å². The predicted octanol–water partition coefficient (Wildman–Crippen LogP) is 0.885. The lowest BCUT2D eigenvalue weighted by molar-refractivity contribution is -0.146. The molecule has 12 heavy (non-hydrogen) atoms. The monoisotopic (exact) mass is 168 g/mol. The quantitative estimate of drug-likeness (QED) is 0.591. The van der Waals surface area contributed by atoms with Gasteiger partial charge in [-0.15, -0.1) is 0 Å². The van der Waals surface area contributed by atoms with Crippen LogP contribution in [0.1, 0.15) is 19.3 Å². The van der Waals surface area contributed by atoms with Gasteiger partial charge in [0.1, 0.15) is 0 Å². The molecule has 66 valence electrons. The Hall–Kier alpha value is -0.570. The number of aliphatic carboxylic acids is 1. The molecule has 0 aromatic heterocycles. The number of rotatable bonds is 1. The molecule has 0 aromatic rings. The number of hydrogen-bond donors (Lipinski definition) is 1. The van der Waals surface area contributed by atoms with Crippen molar-refractivity contribution in [3.05, 3.63) is 0 Å². The molecular weight excluding hydrogens is 156 g/mol. The van der Waals surface area contributed by atoms with Gasteiger partial charge in [0.05, 0.1) is 18.1 Å². The summed E-state index contributed by atoms with van der Waals surface area (Å²) in [5.41, 5.74) is 0. The molecule has 4 rings (SSSR count). The molecule has 2 bridgehead atoms. The van der Waals surface area contributed by atoms with Crippen molar-refractivity contribution in [1.82, 2.24) is 0 Å². The van der Waals surface area contributed by atoms with Gasteiger partial charge < -0.3 is 9.84 Å². The van der Waals surface area contributed by atoms with E-state index in [9.17, 15) is 4.79 Å². The van der Waals surface area contributed by atoms with E-state index in [2.05, 4.69) is 0 Å². The molecule has 5 atom stereocenters. The maximum Gasteiger partial charge on any atom is 0.306 e. The van der Waals surface area contributed by atoms with E-state index >= 15 is 0 Å². The van der Waals surface area contributed by atoms with Gasteiger partial charge in [-0.25, -0.2) is 0 Å². The molecule has 0 spiro atoms. The van der Waals surface area contributed by atoms with E-state index in [0.29, 0.717) is 24.0 Å². The topological polar surface area (TPSA) is 49.8 Å². The fourth-order valence-corrected chi connectivity index (χ4v) is 3.06. The minimum absolute atomic E-state index is 0.104. The summed E-state index contributed by atoms with van der Waals surface area (Å²) in [4.78, 5) is 10.9. The molecule has 4 fully saturated rings. The average Bonchev–Trinajstić information content (AvgIpc) is 2.84. The van der Waals surface area contributed by atoms with Gasteiger partial charge in [-0.3, -0.25) is 4.79 Å². The summed E-state index contributed by atoms with van der Waals surface area (Å²) in [5, 5.41) is 8.94. The van der Waals surface area contributed by atoms with Crippen LogP contribution in [0.5, 0.6) is 0 Å². The van der Waals surface area contributed by atoms with Crippen LogP contribution in [0, 0.1) is 17.8 Å². The lowest BCUT2D eigenvalue weighted by atomic mass is 9.65. The molecule has 3 nitrogen and oxygen atoms in total. The standard InChI is InChI=1S/C9H12O3/c10-9(11)6-3-4-1-2-5(6)8-7(4)12-8/h4-8H,1-3H2,(H,10,11)/t4-,5-,6-,7+,8-/m0/s1. The fraction of sp³-hybridized carbons (Fsp3) is 0.889. The summed E-state index contributed by atoms with van der Waals surface area (Å²) in [5.74, 6) is 0.171. The van der Waals surface area contributed by atoms with E-state index in [1.165, 1.54) is 6.42 Å². The predicted molar refractivity (Wildman–Crippen MR) is 40.6 cm³/mol. The Kier molecular flexibility index (Phi) is 1.16. The van der Waals surface area contributed by atoms with Crippen molar-refractivity contribution < 1.29 is 14.6 Å². The number of carbonyl (C=O) groups is 1. The normalized spacial score (nSPS) is 54.8. The highest BCUT2D eigenvalue weighted by molar-refractivity contribution is 5.71. The molecule has 1 aliphatic heterocycles. The largest absolute Gasteiger partial charge is 0.481 e. The number of carboxylic acids is 1. The Labute approximate surface area is 70.7 Å². The smallest absolute Gasteiger partial charge is 0.306 e. The summed E-state index contributed by atoms with van der Waals surface area (Å²) in [7, 11) is 0. The number of epoxide rings is 1. The van der Waals surface area contributed by atoms with E-state index < -0.39 is 5.97 Å². The van der Waals surface area contributed by atoms with E-state index in [-0.39, 0.29) is 5.92 Å². The van der Waals surface area contributed by atoms with Crippen molar-refractivity contribution in [1.29, 1.82) is 0 Å². The first kappa shape index (κ1) is 6.89. The van der Waals surface area contributed by atoms with E-state index in [1.54, 1.807) is 0 Å². The van der Waals surface area contributed by atoms with E-state index in [0.717, 1.165) is 12.8 Å². The van der Waals surface area contributed by atoms with Crippen LogP contribution in [0.15, 0.2) is 0 Å². The first-order valence-corrected chi connectivity index (χ1v) is 4.65. The zero-order valence-corrected chi connectivity index (χ0v) is 6.77. The second kappa shape index (κ2) is 2.02. The first-order chi connectivity index (χ1) is 5.77. The number of hydrogen-bond acceptors (Lipinski definition) is 2. The van der Waals surface area contributed by atoms with Gasteiger partial charge in [-0.05, 0) is 25.2 Å². The number of carboxylic acid groups (broad SMARTS) is 1. The van der Waals surface area contributed by atoms with Crippen molar-refractivity contribution in [3.63, 3.8) is 0 Å². The minimum Gasteiger partial charge on any atom is -0.481 e. The van der Waals surface area contributed by atoms with Crippen LogP contribution >= 0.6 is 0 Å². The van der Waals surface area contributed by atoms with E-state index in [4.69, 9.17) is 9.84 Å². The van der Waals surface area contributed by atoms with Crippen molar-refractivity contribution in [2.45, 2.75) is 31.5 Å². The molecule has 0 unspecified atom stereocenters. The molecule has 0 amide bonds. The fourth-order valence-electron chi connectivity index (χ4n) is 3.06. The molecule has 3 aliphatic carbocycles. The Bertz CT molecular complexity index is 238. The van der Waals surface area contributed by atoms with Gasteiger partial charge in [0.25, 0.3) is 0 Å². The molecule has 1 N–H and O–H groups in total. The van der Waals surface area contributed by atoms with Gasteiger partial charge in [0.2, 0.25) is 0 Å². The van der Waals surface area contributed by atoms with Gasteiger partial charge in [0, 0.05) is 5.92 Å². The molecule has 1 heterocycles. The van der Waals surface area contributed by atoms with Crippen LogP contribution < -0.4 is 0 Å². The summed E-state index contributed by atoms with van der Waals surface area (Å²) in [6.07, 6.45) is 3.89. The van der Waals surface area contributed by atoms with Crippen molar-refractivity contribution in [2.75, 3.05) is 0 Å². The van der Waals surface area contributed by atoms with Gasteiger partial charge >= 0.3 is 5.97 Å². The molecule has 1 saturated heterocycles. The molecular formula is C9H12O3. The summed E-state index contributed by atoms with van der Waals surface area (Å²) in [6.45, 7) is 0. The Morgan fingerprint density at radius 3 is 2.83 bits per heavy atom. The maximum absolute atomic E-state index is 10.9. The molecule has 3 heteroatoms. The Morgan fingerprint density at radius 2 is 2.17 bits per heavy atom. The highest BCUT2D eigenvalue weighted by atomic mass is 16.6. The molecule has 0 aromatic carbocycles. The SMILES string of the molecule is O=C(O)[C@H]1C[C@@H]2CC[C@@H]1[C@@H]1O[C@H]21. The van der Waals surface area contributed by atoms with Gasteiger partial charge in [-0.2, -0.15) is 0 Å². The highest BCUT2D eigenvalue weighted by Crippen LogP contribution is 2.55. The second-order valence-corrected chi connectivity index (χ2v) is 4.25. The summed E-state index contributed by atoms with van der Waals surface area (Å²) < 4.78 is 5.48. The lowest BCUT2D eigenvalue weighted by Gasteiger charge is -2.36. The van der Waals surface area contributed by atoms with Crippen molar-refractivity contribution in [2.24, 2.45) is 17.8 Å². The third kappa shape index (κ3) is 0.724.